The molecule has 0 bridgehead atoms. The van der Waals surface area contributed by atoms with Gasteiger partial charge in [0.1, 0.15) is 17.5 Å². The lowest BCUT2D eigenvalue weighted by Gasteiger charge is -2.07. The summed E-state index contributed by atoms with van der Waals surface area (Å²) < 4.78 is 27.3. The number of anilines is 1. The minimum atomic E-state index is -0.907. The smallest absolute Gasteiger partial charge is 0.259 e. The molecule has 0 radical (unpaired) electrons. The number of carbonyl (C=O) groups excluding carboxylic acids is 1. The molecule has 0 atom stereocenters. The fourth-order valence-corrected chi connectivity index (χ4v) is 1.85. The molecule has 0 unspecified atom stereocenters. The van der Waals surface area contributed by atoms with Crippen LogP contribution in [0.25, 0.3) is 0 Å². The Morgan fingerprint density at radius 2 is 2.05 bits per heavy atom. The Balaban J connectivity index is 2.31. The molecule has 1 heterocycles. The van der Waals surface area contributed by atoms with E-state index in [1.807, 2.05) is 0 Å². The van der Waals surface area contributed by atoms with E-state index in [1.165, 1.54) is 6.20 Å². The topological polar surface area (TPSA) is 42.0 Å². The van der Waals surface area contributed by atoms with Gasteiger partial charge in [-0.05, 0) is 40.2 Å². The number of pyridine rings is 1. The first kappa shape index (κ1) is 13.9. The predicted molar refractivity (Wildman–Crippen MR) is 71.3 cm³/mol. The Morgan fingerprint density at radius 3 is 2.74 bits per heavy atom. The van der Waals surface area contributed by atoms with E-state index in [1.54, 1.807) is 12.1 Å². The maximum absolute atomic E-state index is 13.5. The van der Waals surface area contributed by atoms with Crippen molar-refractivity contribution in [1.29, 1.82) is 0 Å². The fourth-order valence-electron chi connectivity index (χ4n) is 1.35. The van der Waals surface area contributed by atoms with Crippen molar-refractivity contribution in [3.05, 3.63) is 57.2 Å². The lowest BCUT2D eigenvalue weighted by molar-refractivity contribution is 0.102. The van der Waals surface area contributed by atoms with Crippen LogP contribution in [-0.2, 0) is 0 Å². The summed E-state index contributed by atoms with van der Waals surface area (Å²) in [4.78, 5) is 15.7. The average molecular weight is 348 g/mol. The standard InChI is InChI=1S/C12H6BrClF2N2O/c13-7-2-1-3-17-11(7)18-12(19)6-4-10(16)8(14)5-9(6)15/h1-5H,(H,17,18,19). The molecule has 0 spiro atoms. The first-order chi connectivity index (χ1) is 8.99. The number of hydrogen-bond acceptors (Lipinski definition) is 2. The summed E-state index contributed by atoms with van der Waals surface area (Å²) in [5.41, 5.74) is -0.445. The van der Waals surface area contributed by atoms with Crippen molar-refractivity contribution < 1.29 is 13.6 Å². The zero-order chi connectivity index (χ0) is 14.0. The summed E-state index contributed by atoms with van der Waals surface area (Å²) in [6, 6.07) is 4.80. The van der Waals surface area contributed by atoms with Crippen LogP contribution in [0.2, 0.25) is 5.02 Å². The van der Waals surface area contributed by atoms with Gasteiger partial charge in [0.15, 0.2) is 0 Å². The van der Waals surface area contributed by atoms with Crippen molar-refractivity contribution in [3.63, 3.8) is 0 Å². The van der Waals surface area contributed by atoms with E-state index < -0.39 is 23.1 Å². The molecule has 0 saturated carbocycles. The normalized spacial score (nSPS) is 10.3. The van der Waals surface area contributed by atoms with Gasteiger partial charge in [0, 0.05) is 6.20 Å². The monoisotopic (exact) mass is 346 g/mol. The molecular formula is C12H6BrClF2N2O. The van der Waals surface area contributed by atoms with Crippen molar-refractivity contribution >= 4 is 39.3 Å². The number of aromatic nitrogens is 1. The minimum absolute atomic E-state index is 0.210. The van der Waals surface area contributed by atoms with Gasteiger partial charge < -0.3 is 5.32 Å². The van der Waals surface area contributed by atoms with Crippen molar-refractivity contribution in [2.45, 2.75) is 0 Å². The third-order valence-electron chi connectivity index (χ3n) is 2.24. The SMILES string of the molecule is O=C(Nc1ncccc1Br)c1cc(F)c(Cl)cc1F. The van der Waals surface area contributed by atoms with Gasteiger partial charge in [-0.25, -0.2) is 13.8 Å². The van der Waals surface area contributed by atoms with E-state index in [9.17, 15) is 13.6 Å². The molecule has 0 aliphatic carbocycles. The number of halogens is 4. The molecule has 0 saturated heterocycles. The number of amides is 1. The molecule has 2 aromatic rings. The van der Waals surface area contributed by atoms with Gasteiger partial charge in [0.25, 0.3) is 5.91 Å². The highest BCUT2D eigenvalue weighted by Gasteiger charge is 2.16. The van der Waals surface area contributed by atoms with Crippen LogP contribution >= 0.6 is 27.5 Å². The number of hydrogen-bond donors (Lipinski definition) is 1. The number of nitrogens with one attached hydrogen (secondary N) is 1. The van der Waals surface area contributed by atoms with E-state index >= 15 is 0 Å². The summed E-state index contributed by atoms with van der Waals surface area (Å²) in [6.45, 7) is 0. The summed E-state index contributed by atoms with van der Waals surface area (Å²) in [5, 5.41) is 1.99. The summed E-state index contributed by atoms with van der Waals surface area (Å²) in [5.74, 6) is -2.38. The van der Waals surface area contributed by atoms with Crippen LogP contribution in [0, 0.1) is 11.6 Å². The lowest BCUT2D eigenvalue weighted by Crippen LogP contribution is -2.15. The van der Waals surface area contributed by atoms with Gasteiger partial charge in [-0.15, -0.1) is 0 Å². The van der Waals surface area contributed by atoms with E-state index in [0.29, 0.717) is 4.47 Å². The number of carbonyl (C=O) groups is 1. The van der Waals surface area contributed by atoms with Crippen LogP contribution in [0.4, 0.5) is 14.6 Å². The molecule has 7 heteroatoms. The van der Waals surface area contributed by atoms with Crippen LogP contribution in [0.3, 0.4) is 0 Å². The highest BCUT2D eigenvalue weighted by molar-refractivity contribution is 9.10. The molecule has 0 aliphatic heterocycles. The molecule has 1 aromatic heterocycles. The van der Waals surface area contributed by atoms with Crippen LogP contribution in [-0.4, -0.2) is 10.9 Å². The first-order valence-corrected chi connectivity index (χ1v) is 6.22. The van der Waals surface area contributed by atoms with E-state index in [-0.39, 0.29) is 10.8 Å². The molecule has 19 heavy (non-hydrogen) atoms. The Kier molecular flexibility index (Phi) is 4.11. The largest absolute Gasteiger partial charge is 0.306 e. The Bertz CT molecular complexity index is 652. The molecular weight excluding hydrogens is 341 g/mol. The van der Waals surface area contributed by atoms with Crippen molar-refractivity contribution in [2.24, 2.45) is 0 Å². The Labute approximate surface area is 120 Å². The van der Waals surface area contributed by atoms with Gasteiger partial charge in [0.2, 0.25) is 0 Å². The van der Waals surface area contributed by atoms with Gasteiger partial charge >= 0.3 is 0 Å². The third-order valence-corrected chi connectivity index (χ3v) is 3.17. The van der Waals surface area contributed by atoms with Gasteiger partial charge in [-0.2, -0.15) is 0 Å². The molecule has 3 nitrogen and oxygen atoms in total. The van der Waals surface area contributed by atoms with Gasteiger partial charge in [-0.3, -0.25) is 4.79 Å². The summed E-state index contributed by atoms with van der Waals surface area (Å²) in [7, 11) is 0. The fraction of sp³-hybridized carbons (Fsp3) is 0. The number of nitrogens with zero attached hydrogens (tertiary/aromatic N) is 1. The molecule has 1 aromatic carbocycles. The molecule has 0 aliphatic rings. The zero-order valence-electron chi connectivity index (χ0n) is 9.25. The zero-order valence-corrected chi connectivity index (χ0v) is 11.6. The molecule has 1 amide bonds. The van der Waals surface area contributed by atoms with Crippen LogP contribution < -0.4 is 5.32 Å². The molecule has 0 fully saturated rings. The second-order valence-corrected chi connectivity index (χ2v) is 4.80. The third kappa shape index (κ3) is 3.08. The average Bonchev–Trinajstić information content (AvgIpc) is 2.36. The highest BCUT2D eigenvalue weighted by Crippen LogP contribution is 2.22. The van der Waals surface area contributed by atoms with E-state index in [4.69, 9.17) is 11.6 Å². The first-order valence-electron chi connectivity index (χ1n) is 5.05. The maximum Gasteiger partial charge on any atom is 0.259 e. The van der Waals surface area contributed by atoms with Gasteiger partial charge in [0.05, 0.1) is 15.1 Å². The quantitative estimate of drug-likeness (QED) is 0.834. The van der Waals surface area contributed by atoms with E-state index in [0.717, 1.165) is 12.1 Å². The van der Waals surface area contributed by atoms with Crippen molar-refractivity contribution in [3.8, 4) is 0 Å². The molecule has 2 rings (SSSR count). The van der Waals surface area contributed by atoms with Crippen LogP contribution in [0.1, 0.15) is 10.4 Å². The second-order valence-electron chi connectivity index (χ2n) is 3.53. The lowest BCUT2D eigenvalue weighted by atomic mass is 10.2. The van der Waals surface area contributed by atoms with Gasteiger partial charge in [-0.1, -0.05) is 11.6 Å². The number of benzene rings is 1. The highest BCUT2D eigenvalue weighted by atomic mass is 79.9. The Hall–Kier alpha value is -1.53. The molecule has 1 N–H and O–H groups in total. The predicted octanol–water partition coefficient (Wildman–Crippen LogP) is 4.03. The minimum Gasteiger partial charge on any atom is -0.306 e. The van der Waals surface area contributed by atoms with E-state index in [2.05, 4.69) is 26.2 Å². The number of rotatable bonds is 2. The summed E-state index contributed by atoms with van der Waals surface area (Å²) in [6.07, 6.45) is 1.46. The van der Waals surface area contributed by atoms with Crippen LogP contribution in [0.15, 0.2) is 34.9 Å². The van der Waals surface area contributed by atoms with Crippen molar-refractivity contribution in [2.75, 3.05) is 5.32 Å². The maximum atomic E-state index is 13.5. The summed E-state index contributed by atoms with van der Waals surface area (Å²) >= 11 is 8.59. The second kappa shape index (κ2) is 5.63. The van der Waals surface area contributed by atoms with Crippen LogP contribution in [0.5, 0.6) is 0 Å². The Morgan fingerprint density at radius 1 is 1.32 bits per heavy atom. The van der Waals surface area contributed by atoms with Crippen molar-refractivity contribution in [1.82, 2.24) is 4.98 Å². The molecule has 98 valence electrons.